The Morgan fingerprint density at radius 2 is 1.88 bits per heavy atom. The quantitative estimate of drug-likeness (QED) is 0.727. The van der Waals surface area contributed by atoms with Crippen LogP contribution in [0.1, 0.15) is 39.5 Å². The smallest absolute Gasteiger partial charge is 0.406 e. The monoisotopic (exact) mass is 225 g/mol. The molecule has 0 amide bonds. The van der Waals surface area contributed by atoms with Gasteiger partial charge >= 0.3 is 7.12 Å². The normalized spacial score (nSPS) is 19.4. The first-order valence-corrected chi connectivity index (χ1v) is 6.51. The molecule has 16 heavy (non-hydrogen) atoms. The van der Waals surface area contributed by atoms with Gasteiger partial charge in [0.15, 0.2) is 0 Å². The SMILES string of the molecule is CCC/C=C(/CCC)B1OCCNCCO1. The number of unbranched alkanes of at least 4 members (excludes halogenated alkanes) is 1. The molecule has 4 heteroatoms. The van der Waals surface area contributed by atoms with Gasteiger partial charge in [-0.25, -0.2) is 0 Å². The number of rotatable bonds is 5. The van der Waals surface area contributed by atoms with Gasteiger partial charge < -0.3 is 14.6 Å². The van der Waals surface area contributed by atoms with E-state index >= 15 is 0 Å². The zero-order valence-corrected chi connectivity index (χ0v) is 10.6. The van der Waals surface area contributed by atoms with Gasteiger partial charge in [0.25, 0.3) is 0 Å². The van der Waals surface area contributed by atoms with Gasteiger partial charge in [0.2, 0.25) is 0 Å². The predicted molar refractivity (Wildman–Crippen MR) is 68.4 cm³/mol. The van der Waals surface area contributed by atoms with Gasteiger partial charge in [-0.15, -0.1) is 0 Å². The molecule has 1 heterocycles. The van der Waals surface area contributed by atoms with Crippen molar-refractivity contribution in [1.82, 2.24) is 5.32 Å². The molecule has 0 saturated carbocycles. The summed E-state index contributed by atoms with van der Waals surface area (Å²) >= 11 is 0. The lowest BCUT2D eigenvalue weighted by atomic mass is 9.74. The van der Waals surface area contributed by atoms with Crippen LogP contribution < -0.4 is 5.32 Å². The third kappa shape index (κ3) is 5.15. The van der Waals surface area contributed by atoms with Crippen LogP contribution in [-0.2, 0) is 9.31 Å². The van der Waals surface area contributed by atoms with Gasteiger partial charge in [-0.1, -0.05) is 32.8 Å². The maximum Gasteiger partial charge on any atom is 0.489 e. The van der Waals surface area contributed by atoms with Crippen molar-refractivity contribution in [3.05, 3.63) is 11.5 Å². The van der Waals surface area contributed by atoms with E-state index in [9.17, 15) is 0 Å². The zero-order chi connectivity index (χ0) is 11.6. The van der Waals surface area contributed by atoms with Crippen LogP contribution >= 0.6 is 0 Å². The standard InChI is InChI=1S/C12H24BNO2/c1-3-5-7-12(6-4-2)13-15-10-8-14-9-11-16-13/h7,14H,3-6,8-11H2,1-2H3/b12-7-. The van der Waals surface area contributed by atoms with Crippen LogP contribution in [0.25, 0.3) is 0 Å². The third-order valence-electron chi connectivity index (χ3n) is 2.63. The maximum atomic E-state index is 5.74. The van der Waals surface area contributed by atoms with Gasteiger partial charge in [-0.05, 0) is 18.3 Å². The van der Waals surface area contributed by atoms with Gasteiger partial charge in [0.05, 0.1) is 0 Å². The van der Waals surface area contributed by atoms with E-state index in [-0.39, 0.29) is 7.12 Å². The molecule has 0 unspecified atom stereocenters. The van der Waals surface area contributed by atoms with Crippen LogP contribution in [0.3, 0.4) is 0 Å². The molecular formula is C12H24BNO2. The molecule has 1 aliphatic rings. The molecule has 1 N–H and O–H groups in total. The van der Waals surface area contributed by atoms with Crippen LogP contribution in [0.5, 0.6) is 0 Å². The van der Waals surface area contributed by atoms with E-state index in [2.05, 4.69) is 25.2 Å². The Kier molecular flexibility index (Phi) is 7.56. The van der Waals surface area contributed by atoms with Gasteiger partial charge in [0, 0.05) is 26.3 Å². The molecule has 3 nitrogen and oxygen atoms in total. The highest BCUT2D eigenvalue weighted by Crippen LogP contribution is 2.14. The number of hydrogen-bond donors (Lipinski definition) is 1. The van der Waals surface area contributed by atoms with Gasteiger partial charge in [-0.3, -0.25) is 0 Å². The summed E-state index contributed by atoms with van der Waals surface area (Å²) in [5.74, 6) is 0. The first kappa shape index (κ1) is 13.7. The molecule has 0 aromatic rings. The summed E-state index contributed by atoms with van der Waals surface area (Å²) in [6, 6.07) is 0. The molecule has 0 atom stereocenters. The molecule has 1 fully saturated rings. The molecule has 1 aliphatic heterocycles. The molecule has 0 aromatic carbocycles. The zero-order valence-electron chi connectivity index (χ0n) is 10.6. The Labute approximate surface area is 99.7 Å². The molecule has 1 rings (SSSR count). The third-order valence-corrected chi connectivity index (χ3v) is 2.63. The Balaban J connectivity index is 2.51. The van der Waals surface area contributed by atoms with E-state index in [0.29, 0.717) is 0 Å². The maximum absolute atomic E-state index is 5.74. The molecule has 0 aromatic heterocycles. The fourth-order valence-electron chi connectivity index (χ4n) is 1.80. The van der Waals surface area contributed by atoms with Crippen LogP contribution in [0.4, 0.5) is 0 Å². The van der Waals surface area contributed by atoms with Crippen molar-refractivity contribution in [2.24, 2.45) is 0 Å². The molecular weight excluding hydrogens is 201 g/mol. The minimum Gasteiger partial charge on any atom is -0.406 e. The summed E-state index contributed by atoms with van der Waals surface area (Å²) in [6.45, 7) is 7.71. The first-order chi connectivity index (χ1) is 7.88. The first-order valence-electron chi connectivity index (χ1n) is 6.51. The summed E-state index contributed by atoms with van der Waals surface area (Å²) in [5.41, 5.74) is 1.33. The van der Waals surface area contributed by atoms with E-state index in [1.807, 2.05) is 0 Å². The highest BCUT2D eigenvalue weighted by atomic mass is 16.6. The van der Waals surface area contributed by atoms with Crippen LogP contribution in [0, 0.1) is 0 Å². The average Bonchev–Trinajstić information content (AvgIpc) is 2.24. The molecule has 0 spiro atoms. The lowest BCUT2D eigenvalue weighted by Crippen LogP contribution is -2.37. The minimum absolute atomic E-state index is 0.103. The molecule has 0 radical (unpaired) electrons. The minimum atomic E-state index is -0.103. The second-order valence-electron chi connectivity index (χ2n) is 4.14. The highest BCUT2D eigenvalue weighted by Gasteiger charge is 2.23. The van der Waals surface area contributed by atoms with Gasteiger partial charge in [-0.2, -0.15) is 0 Å². The summed E-state index contributed by atoms with van der Waals surface area (Å²) in [4.78, 5) is 0. The van der Waals surface area contributed by atoms with Crippen molar-refractivity contribution in [2.45, 2.75) is 39.5 Å². The Bertz CT molecular complexity index is 201. The van der Waals surface area contributed by atoms with Crippen LogP contribution in [0.2, 0.25) is 0 Å². The second-order valence-corrected chi connectivity index (χ2v) is 4.14. The Morgan fingerprint density at radius 1 is 1.19 bits per heavy atom. The lowest BCUT2D eigenvalue weighted by molar-refractivity contribution is 0.183. The summed E-state index contributed by atoms with van der Waals surface area (Å²) in [7, 11) is -0.103. The van der Waals surface area contributed by atoms with Crippen molar-refractivity contribution >= 4 is 7.12 Å². The Morgan fingerprint density at radius 3 is 2.44 bits per heavy atom. The summed E-state index contributed by atoms with van der Waals surface area (Å²) in [5, 5.41) is 3.25. The fraction of sp³-hybridized carbons (Fsp3) is 0.833. The van der Waals surface area contributed by atoms with Crippen molar-refractivity contribution in [3.63, 3.8) is 0 Å². The summed E-state index contributed by atoms with van der Waals surface area (Å²) in [6.07, 6.45) is 6.83. The fourth-order valence-corrected chi connectivity index (χ4v) is 1.80. The average molecular weight is 225 g/mol. The van der Waals surface area contributed by atoms with Crippen molar-refractivity contribution in [1.29, 1.82) is 0 Å². The molecule has 1 saturated heterocycles. The molecule has 92 valence electrons. The Hall–Kier alpha value is -0.315. The largest absolute Gasteiger partial charge is 0.489 e. The van der Waals surface area contributed by atoms with E-state index in [4.69, 9.17) is 9.31 Å². The van der Waals surface area contributed by atoms with Gasteiger partial charge in [0.1, 0.15) is 0 Å². The number of allylic oxidation sites excluding steroid dienone is 2. The van der Waals surface area contributed by atoms with E-state index in [1.165, 1.54) is 11.9 Å². The topological polar surface area (TPSA) is 30.5 Å². The number of nitrogens with one attached hydrogen (secondary N) is 1. The van der Waals surface area contributed by atoms with E-state index in [1.54, 1.807) is 0 Å². The predicted octanol–water partition coefficient (Wildman–Crippen LogP) is 2.18. The van der Waals surface area contributed by atoms with E-state index < -0.39 is 0 Å². The second kappa shape index (κ2) is 8.79. The van der Waals surface area contributed by atoms with Crippen molar-refractivity contribution in [3.8, 4) is 0 Å². The van der Waals surface area contributed by atoms with E-state index in [0.717, 1.165) is 45.6 Å². The van der Waals surface area contributed by atoms with Crippen molar-refractivity contribution in [2.75, 3.05) is 26.3 Å². The number of hydrogen-bond acceptors (Lipinski definition) is 3. The van der Waals surface area contributed by atoms with Crippen molar-refractivity contribution < 1.29 is 9.31 Å². The highest BCUT2D eigenvalue weighted by molar-refractivity contribution is 6.53. The summed E-state index contributed by atoms with van der Waals surface area (Å²) < 4.78 is 11.5. The lowest BCUT2D eigenvalue weighted by Gasteiger charge is -2.20. The van der Waals surface area contributed by atoms with Crippen LogP contribution in [-0.4, -0.2) is 33.4 Å². The van der Waals surface area contributed by atoms with Crippen LogP contribution in [0.15, 0.2) is 11.5 Å². The molecule has 0 aliphatic carbocycles. The molecule has 0 bridgehead atoms.